The number of rotatable bonds is 7. The van der Waals surface area contributed by atoms with Gasteiger partial charge in [-0.25, -0.2) is 4.79 Å². The fourth-order valence-corrected chi connectivity index (χ4v) is 3.77. The van der Waals surface area contributed by atoms with Crippen LogP contribution in [0.25, 0.3) is 17.1 Å². The Labute approximate surface area is 189 Å². The molecule has 1 heterocycles. The summed E-state index contributed by atoms with van der Waals surface area (Å²) in [6.45, 7) is 7.50. The number of thioether (sulfide) groups is 1. The van der Waals surface area contributed by atoms with Crippen LogP contribution in [0.15, 0.2) is 66.3 Å². The van der Waals surface area contributed by atoms with Gasteiger partial charge in [-0.05, 0) is 44.2 Å². The summed E-state index contributed by atoms with van der Waals surface area (Å²) in [5.41, 5.74) is 2.80. The van der Waals surface area contributed by atoms with E-state index in [1.807, 2.05) is 47.9 Å². The highest BCUT2D eigenvalue weighted by atomic mass is 35.5. The Balaban J connectivity index is 1.91. The molecule has 0 bridgehead atoms. The summed E-state index contributed by atoms with van der Waals surface area (Å²) in [4.78, 5) is 24.2. The Morgan fingerprint density at radius 1 is 1.23 bits per heavy atom. The van der Waals surface area contributed by atoms with E-state index in [1.165, 1.54) is 17.8 Å². The smallest absolute Gasteiger partial charge is 0.321 e. The Kier molecular flexibility index (Phi) is 7.49. The lowest BCUT2D eigenvalue weighted by atomic mass is 10.1. The monoisotopic (exact) mass is 455 g/mol. The van der Waals surface area contributed by atoms with Crippen LogP contribution in [0.5, 0.6) is 0 Å². The predicted molar refractivity (Wildman–Crippen MR) is 124 cm³/mol. The summed E-state index contributed by atoms with van der Waals surface area (Å²) in [6.07, 6.45) is 1.53. The molecule has 0 fully saturated rings. The van der Waals surface area contributed by atoms with Gasteiger partial charge in [0.15, 0.2) is 11.0 Å². The minimum absolute atomic E-state index is 0.269. The molecule has 3 aromatic rings. The summed E-state index contributed by atoms with van der Waals surface area (Å²) in [5, 5.41) is 14.1. The Morgan fingerprint density at radius 2 is 1.97 bits per heavy atom. The van der Waals surface area contributed by atoms with Gasteiger partial charge in [0, 0.05) is 22.8 Å². The van der Waals surface area contributed by atoms with E-state index in [9.17, 15) is 9.59 Å². The van der Waals surface area contributed by atoms with Crippen molar-refractivity contribution >= 4 is 35.3 Å². The lowest BCUT2D eigenvalue weighted by Crippen LogP contribution is -2.42. The first kappa shape index (κ1) is 22.6. The van der Waals surface area contributed by atoms with Crippen molar-refractivity contribution < 1.29 is 9.59 Å². The molecule has 0 radical (unpaired) electrons. The highest BCUT2D eigenvalue weighted by Gasteiger charge is 2.23. The van der Waals surface area contributed by atoms with Crippen LogP contribution in [0.3, 0.4) is 0 Å². The number of hydrogen-bond donors (Lipinski definition) is 2. The van der Waals surface area contributed by atoms with Crippen LogP contribution in [0, 0.1) is 6.92 Å². The number of nitrogens with zero attached hydrogens (tertiary/aromatic N) is 3. The maximum Gasteiger partial charge on any atom is 0.321 e. The minimum Gasteiger partial charge on any atom is -0.334 e. The van der Waals surface area contributed by atoms with E-state index in [1.54, 1.807) is 19.1 Å². The van der Waals surface area contributed by atoms with Gasteiger partial charge in [-0.1, -0.05) is 53.2 Å². The summed E-state index contributed by atoms with van der Waals surface area (Å²) >= 11 is 7.27. The normalized spacial score (nSPS) is 11.6. The number of hydrogen-bond acceptors (Lipinski definition) is 5. The minimum atomic E-state index is -0.588. The van der Waals surface area contributed by atoms with Crippen molar-refractivity contribution in [2.75, 3.05) is 6.54 Å². The number of carbonyl (C=O) groups excluding carboxylic acids is 2. The van der Waals surface area contributed by atoms with E-state index < -0.39 is 17.2 Å². The van der Waals surface area contributed by atoms with E-state index in [0.717, 1.165) is 16.8 Å². The fraction of sp³-hybridized carbons (Fsp3) is 0.182. The molecule has 0 aliphatic carbocycles. The van der Waals surface area contributed by atoms with Crippen LogP contribution in [0.4, 0.5) is 4.79 Å². The van der Waals surface area contributed by atoms with Gasteiger partial charge in [-0.3, -0.25) is 14.7 Å². The van der Waals surface area contributed by atoms with Gasteiger partial charge >= 0.3 is 6.03 Å². The molecule has 0 saturated heterocycles. The number of aromatic nitrogens is 3. The molecular formula is C22H22ClN5O2S. The molecule has 31 heavy (non-hydrogen) atoms. The Hall–Kier alpha value is -3.10. The molecule has 3 amide bonds. The zero-order valence-corrected chi connectivity index (χ0v) is 18.7. The second kappa shape index (κ2) is 10.3. The topological polar surface area (TPSA) is 88.9 Å². The average molecular weight is 456 g/mol. The molecular weight excluding hydrogens is 434 g/mol. The molecule has 0 spiro atoms. The van der Waals surface area contributed by atoms with Gasteiger partial charge in [0.1, 0.15) is 0 Å². The van der Waals surface area contributed by atoms with Crippen LogP contribution in [-0.4, -0.2) is 38.5 Å². The third-order valence-electron chi connectivity index (χ3n) is 4.29. The van der Waals surface area contributed by atoms with Crippen LogP contribution < -0.4 is 10.6 Å². The number of urea groups is 1. The van der Waals surface area contributed by atoms with Gasteiger partial charge in [0.2, 0.25) is 5.91 Å². The summed E-state index contributed by atoms with van der Waals surface area (Å²) < 4.78 is 1.87. The predicted octanol–water partition coefficient (Wildman–Crippen LogP) is 4.39. The SMILES string of the molecule is C=CCNC(=O)NC(=O)C(C)Sc1nnc(-c2cccc(C)c2)n1-c1ccc(Cl)cc1. The first-order valence-corrected chi connectivity index (χ1v) is 10.8. The lowest BCUT2D eigenvalue weighted by Gasteiger charge is -2.14. The number of halogens is 1. The number of imide groups is 1. The van der Waals surface area contributed by atoms with Crippen LogP contribution >= 0.6 is 23.4 Å². The second-order valence-electron chi connectivity index (χ2n) is 6.74. The zero-order chi connectivity index (χ0) is 22.4. The quantitative estimate of drug-likeness (QED) is 0.407. The third kappa shape index (κ3) is 5.74. The highest BCUT2D eigenvalue weighted by Crippen LogP contribution is 2.31. The van der Waals surface area contributed by atoms with Crippen molar-refractivity contribution in [1.82, 2.24) is 25.4 Å². The summed E-state index contributed by atoms with van der Waals surface area (Å²) in [5.74, 6) is 0.208. The Bertz CT molecular complexity index is 1100. The van der Waals surface area contributed by atoms with E-state index in [4.69, 9.17) is 11.6 Å². The number of nitrogens with one attached hydrogen (secondary N) is 2. The third-order valence-corrected chi connectivity index (χ3v) is 5.58. The van der Waals surface area contributed by atoms with E-state index in [2.05, 4.69) is 27.4 Å². The molecule has 7 nitrogen and oxygen atoms in total. The van der Waals surface area contributed by atoms with Crippen molar-refractivity contribution in [2.45, 2.75) is 24.3 Å². The number of carbonyl (C=O) groups is 2. The van der Waals surface area contributed by atoms with Crippen LogP contribution in [0.2, 0.25) is 5.02 Å². The van der Waals surface area contributed by atoms with Gasteiger partial charge in [-0.15, -0.1) is 16.8 Å². The second-order valence-corrected chi connectivity index (χ2v) is 8.48. The molecule has 1 atom stereocenters. The largest absolute Gasteiger partial charge is 0.334 e. The number of amides is 3. The molecule has 3 rings (SSSR count). The van der Waals surface area contributed by atoms with E-state index in [-0.39, 0.29) is 6.54 Å². The Morgan fingerprint density at radius 3 is 2.65 bits per heavy atom. The summed E-state index contributed by atoms with van der Waals surface area (Å²) in [7, 11) is 0. The molecule has 0 aliphatic rings. The summed E-state index contributed by atoms with van der Waals surface area (Å²) in [6, 6.07) is 14.7. The first-order chi connectivity index (χ1) is 14.9. The molecule has 2 aromatic carbocycles. The first-order valence-electron chi connectivity index (χ1n) is 9.53. The maximum absolute atomic E-state index is 12.4. The molecule has 2 N–H and O–H groups in total. The molecule has 0 saturated carbocycles. The van der Waals surface area contributed by atoms with Crippen molar-refractivity contribution in [3.8, 4) is 17.1 Å². The van der Waals surface area contributed by atoms with Crippen molar-refractivity contribution in [3.05, 3.63) is 71.8 Å². The standard InChI is InChI=1S/C22H22ClN5O2S/c1-4-12-24-21(30)25-20(29)15(3)31-22-27-26-19(16-7-5-6-14(2)13-16)28(22)18-10-8-17(23)9-11-18/h4-11,13,15H,1,12H2,2-3H3,(H2,24,25,29,30). The van der Waals surface area contributed by atoms with E-state index >= 15 is 0 Å². The van der Waals surface area contributed by atoms with Gasteiger partial charge in [0.25, 0.3) is 0 Å². The van der Waals surface area contributed by atoms with Crippen molar-refractivity contribution in [3.63, 3.8) is 0 Å². The number of aryl methyl sites for hydroxylation is 1. The number of benzene rings is 2. The van der Waals surface area contributed by atoms with Gasteiger partial charge in [-0.2, -0.15) is 0 Å². The fourth-order valence-electron chi connectivity index (χ4n) is 2.77. The average Bonchev–Trinajstić information content (AvgIpc) is 3.16. The molecule has 1 aromatic heterocycles. The van der Waals surface area contributed by atoms with Crippen molar-refractivity contribution in [2.24, 2.45) is 0 Å². The molecule has 160 valence electrons. The van der Waals surface area contributed by atoms with Gasteiger partial charge in [0.05, 0.1) is 5.25 Å². The molecule has 1 unspecified atom stereocenters. The lowest BCUT2D eigenvalue weighted by molar-refractivity contribution is -0.119. The highest BCUT2D eigenvalue weighted by molar-refractivity contribution is 8.00. The van der Waals surface area contributed by atoms with E-state index in [0.29, 0.717) is 16.0 Å². The maximum atomic E-state index is 12.4. The van der Waals surface area contributed by atoms with Crippen LogP contribution in [0.1, 0.15) is 12.5 Å². The molecule has 9 heteroatoms. The molecule has 0 aliphatic heterocycles. The van der Waals surface area contributed by atoms with Crippen molar-refractivity contribution in [1.29, 1.82) is 0 Å². The van der Waals surface area contributed by atoms with Crippen LogP contribution in [-0.2, 0) is 4.79 Å². The zero-order valence-electron chi connectivity index (χ0n) is 17.1. The van der Waals surface area contributed by atoms with Gasteiger partial charge < -0.3 is 5.32 Å².